The molecular weight excluding hydrogens is 370 g/mol. The molecule has 8 heteroatoms. The lowest BCUT2D eigenvalue weighted by atomic mass is 10.1. The van der Waals surface area contributed by atoms with E-state index in [1.54, 1.807) is 6.07 Å². The van der Waals surface area contributed by atoms with Gasteiger partial charge in [-0.1, -0.05) is 26.0 Å². The van der Waals surface area contributed by atoms with E-state index in [1.165, 1.54) is 18.2 Å². The van der Waals surface area contributed by atoms with Crippen LogP contribution in [0.4, 0.5) is 17.2 Å². The first-order valence-electron chi connectivity index (χ1n) is 9.00. The van der Waals surface area contributed by atoms with Crippen LogP contribution < -0.4 is 10.6 Å². The van der Waals surface area contributed by atoms with E-state index in [0.717, 1.165) is 11.3 Å². The highest BCUT2D eigenvalue weighted by atomic mass is 16.6. The molecule has 1 aromatic heterocycles. The SMILES string of the molecule is CC(C)C(=O)Nc1ccc(CNc2cc(C#N)c3cc([N+](=O)[O-])ccc3n2)cc1. The number of nitriles is 1. The summed E-state index contributed by atoms with van der Waals surface area (Å²) < 4.78 is 0. The summed E-state index contributed by atoms with van der Waals surface area (Å²) in [6.45, 7) is 4.13. The number of non-ortho nitro benzene ring substituents is 1. The Balaban J connectivity index is 1.75. The van der Waals surface area contributed by atoms with Crippen molar-refractivity contribution < 1.29 is 9.72 Å². The van der Waals surface area contributed by atoms with E-state index < -0.39 is 4.92 Å². The van der Waals surface area contributed by atoms with Crippen LogP contribution in [0.5, 0.6) is 0 Å². The maximum Gasteiger partial charge on any atom is 0.270 e. The monoisotopic (exact) mass is 389 g/mol. The predicted octanol–water partition coefficient (Wildman–Crippen LogP) is 4.22. The number of hydrogen-bond acceptors (Lipinski definition) is 6. The minimum Gasteiger partial charge on any atom is -0.366 e. The van der Waals surface area contributed by atoms with Gasteiger partial charge in [0.05, 0.1) is 22.1 Å². The fourth-order valence-corrected chi connectivity index (χ4v) is 2.70. The number of fused-ring (bicyclic) bond motifs is 1. The fourth-order valence-electron chi connectivity index (χ4n) is 2.70. The first-order valence-corrected chi connectivity index (χ1v) is 9.00. The third-order valence-electron chi connectivity index (χ3n) is 4.34. The molecular formula is C21H19N5O3. The van der Waals surface area contributed by atoms with E-state index in [1.807, 2.05) is 38.1 Å². The molecule has 1 amide bonds. The Bertz CT molecular complexity index is 1120. The van der Waals surface area contributed by atoms with Gasteiger partial charge in [0.1, 0.15) is 5.82 Å². The van der Waals surface area contributed by atoms with Gasteiger partial charge in [0, 0.05) is 35.7 Å². The highest BCUT2D eigenvalue weighted by molar-refractivity contribution is 5.92. The van der Waals surface area contributed by atoms with E-state index >= 15 is 0 Å². The Labute approximate surface area is 167 Å². The lowest BCUT2D eigenvalue weighted by Crippen LogP contribution is -2.17. The summed E-state index contributed by atoms with van der Waals surface area (Å²) in [5.74, 6) is 0.367. The summed E-state index contributed by atoms with van der Waals surface area (Å²) in [5.41, 5.74) is 2.43. The molecule has 0 saturated carbocycles. The van der Waals surface area contributed by atoms with Crippen LogP contribution >= 0.6 is 0 Å². The molecule has 8 nitrogen and oxygen atoms in total. The number of carbonyl (C=O) groups is 1. The van der Waals surface area contributed by atoms with Crippen molar-refractivity contribution >= 4 is 34.0 Å². The number of nitrogens with zero attached hydrogens (tertiary/aromatic N) is 3. The second-order valence-corrected chi connectivity index (χ2v) is 6.82. The molecule has 0 spiro atoms. The fraction of sp³-hybridized carbons (Fsp3) is 0.190. The number of rotatable bonds is 6. The van der Waals surface area contributed by atoms with Crippen LogP contribution in [0.25, 0.3) is 10.9 Å². The molecule has 2 aromatic carbocycles. The summed E-state index contributed by atoms with van der Waals surface area (Å²) in [7, 11) is 0. The lowest BCUT2D eigenvalue weighted by Gasteiger charge is -2.10. The van der Waals surface area contributed by atoms with Gasteiger partial charge in [-0.25, -0.2) is 4.98 Å². The van der Waals surface area contributed by atoms with Crippen LogP contribution in [0, 0.1) is 27.4 Å². The summed E-state index contributed by atoms with van der Waals surface area (Å²) in [4.78, 5) is 26.6. The van der Waals surface area contributed by atoms with Gasteiger partial charge in [-0.05, 0) is 29.8 Å². The van der Waals surface area contributed by atoms with Gasteiger partial charge in [-0.3, -0.25) is 14.9 Å². The van der Waals surface area contributed by atoms with Crippen LogP contribution in [-0.4, -0.2) is 15.8 Å². The number of nitrogens with one attached hydrogen (secondary N) is 2. The molecule has 0 atom stereocenters. The molecule has 29 heavy (non-hydrogen) atoms. The van der Waals surface area contributed by atoms with Crippen LogP contribution in [0.15, 0.2) is 48.5 Å². The average Bonchev–Trinajstić information content (AvgIpc) is 2.72. The van der Waals surface area contributed by atoms with Crippen molar-refractivity contribution in [1.82, 2.24) is 4.98 Å². The van der Waals surface area contributed by atoms with Gasteiger partial charge in [0.15, 0.2) is 0 Å². The van der Waals surface area contributed by atoms with Crippen molar-refractivity contribution in [2.45, 2.75) is 20.4 Å². The van der Waals surface area contributed by atoms with E-state index in [-0.39, 0.29) is 17.5 Å². The molecule has 3 aromatic rings. The minimum atomic E-state index is -0.500. The molecule has 1 heterocycles. The van der Waals surface area contributed by atoms with Crippen LogP contribution in [0.2, 0.25) is 0 Å². The number of nitro groups is 1. The maximum absolute atomic E-state index is 11.7. The lowest BCUT2D eigenvalue weighted by molar-refractivity contribution is -0.384. The molecule has 0 aliphatic heterocycles. The molecule has 0 fully saturated rings. The van der Waals surface area contributed by atoms with E-state index in [9.17, 15) is 20.2 Å². The first kappa shape index (κ1) is 19.8. The number of hydrogen-bond donors (Lipinski definition) is 2. The average molecular weight is 389 g/mol. The zero-order chi connectivity index (χ0) is 21.0. The standard InChI is InChI=1S/C21H19N5O3/c1-13(2)21(27)24-16-5-3-14(4-6-16)12-23-20-9-15(11-22)18-10-17(26(28)29)7-8-19(18)25-20/h3-10,13H,12H2,1-2H3,(H,23,25)(H,24,27). The van der Waals surface area contributed by atoms with Crippen molar-refractivity contribution in [1.29, 1.82) is 5.26 Å². The number of aromatic nitrogens is 1. The quantitative estimate of drug-likeness (QED) is 0.481. The van der Waals surface area contributed by atoms with Gasteiger partial charge >= 0.3 is 0 Å². The second kappa shape index (κ2) is 8.35. The van der Waals surface area contributed by atoms with Crippen molar-refractivity contribution in [3.63, 3.8) is 0 Å². The first-order chi connectivity index (χ1) is 13.9. The molecule has 3 rings (SSSR count). The Morgan fingerprint density at radius 3 is 2.55 bits per heavy atom. The summed E-state index contributed by atoms with van der Waals surface area (Å²) >= 11 is 0. The molecule has 0 saturated heterocycles. The predicted molar refractivity (Wildman–Crippen MR) is 110 cm³/mol. The Kier molecular flexibility index (Phi) is 5.69. The van der Waals surface area contributed by atoms with Crippen molar-refractivity contribution in [3.8, 4) is 6.07 Å². The van der Waals surface area contributed by atoms with Gasteiger partial charge in [-0.15, -0.1) is 0 Å². The summed E-state index contributed by atoms with van der Waals surface area (Å²) in [6.07, 6.45) is 0. The Morgan fingerprint density at radius 2 is 1.93 bits per heavy atom. The highest BCUT2D eigenvalue weighted by Crippen LogP contribution is 2.25. The molecule has 0 aliphatic rings. The van der Waals surface area contributed by atoms with Crippen LogP contribution in [-0.2, 0) is 11.3 Å². The number of anilines is 2. The van der Waals surface area contributed by atoms with Gasteiger partial charge < -0.3 is 10.6 Å². The number of pyridine rings is 1. The second-order valence-electron chi connectivity index (χ2n) is 6.82. The molecule has 0 bridgehead atoms. The number of nitro benzene ring substituents is 1. The molecule has 2 N–H and O–H groups in total. The smallest absolute Gasteiger partial charge is 0.270 e. The number of benzene rings is 2. The molecule has 0 radical (unpaired) electrons. The molecule has 146 valence electrons. The van der Waals surface area contributed by atoms with Crippen molar-refractivity contribution in [2.24, 2.45) is 5.92 Å². The summed E-state index contributed by atoms with van der Waals surface area (Å²) in [6, 6.07) is 15.3. The highest BCUT2D eigenvalue weighted by Gasteiger charge is 2.12. The summed E-state index contributed by atoms with van der Waals surface area (Å²) in [5, 5.41) is 26.8. The third-order valence-corrected chi connectivity index (χ3v) is 4.34. The zero-order valence-electron chi connectivity index (χ0n) is 16.0. The van der Waals surface area contributed by atoms with E-state index in [0.29, 0.717) is 28.8 Å². The minimum absolute atomic E-state index is 0.0412. The van der Waals surface area contributed by atoms with Gasteiger partial charge in [0.2, 0.25) is 5.91 Å². The maximum atomic E-state index is 11.7. The normalized spacial score (nSPS) is 10.6. The Morgan fingerprint density at radius 1 is 1.21 bits per heavy atom. The third kappa shape index (κ3) is 4.65. The van der Waals surface area contributed by atoms with Gasteiger partial charge in [-0.2, -0.15) is 5.26 Å². The van der Waals surface area contributed by atoms with Crippen LogP contribution in [0.1, 0.15) is 25.0 Å². The largest absolute Gasteiger partial charge is 0.366 e. The molecule has 0 aliphatic carbocycles. The zero-order valence-corrected chi connectivity index (χ0v) is 16.0. The number of amides is 1. The van der Waals surface area contributed by atoms with E-state index in [4.69, 9.17) is 0 Å². The van der Waals surface area contributed by atoms with E-state index in [2.05, 4.69) is 21.7 Å². The topological polar surface area (TPSA) is 121 Å². The molecule has 0 unspecified atom stereocenters. The number of carbonyl (C=O) groups excluding carboxylic acids is 1. The van der Waals surface area contributed by atoms with Crippen molar-refractivity contribution in [3.05, 3.63) is 69.8 Å². The Hall–Kier alpha value is -3.99. The van der Waals surface area contributed by atoms with Gasteiger partial charge in [0.25, 0.3) is 5.69 Å². The van der Waals surface area contributed by atoms with Crippen molar-refractivity contribution in [2.75, 3.05) is 10.6 Å². The van der Waals surface area contributed by atoms with Crippen LogP contribution in [0.3, 0.4) is 0 Å².